The van der Waals surface area contributed by atoms with Gasteiger partial charge in [0, 0.05) is 13.1 Å². The van der Waals surface area contributed by atoms with Crippen molar-refractivity contribution in [2.75, 3.05) is 27.3 Å². The third-order valence-corrected chi connectivity index (χ3v) is 10.4. The summed E-state index contributed by atoms with van der Waals surface area (Å²) in [6.45, 7) is 8.78. The molecule has 15 heteroatoms. The SMILES string of the molecule is COC(=O)NC(C(=O)N1CCC[C@@H]1c1ncc(-c2ccc(-c3ccc(-c4cnc([C@H]5CCCN5C(=O)[C@H](NC(=O)OC)C(C)C)[nH]4)cc3)cc2)[nH]1)C(C)C.Cl. The van der Waals surface area contributed by atoms with Gasteiger partial charge in [-0.25, -0.2) is 19.6 Å². The van der Waals surface area contributed by atoms with Crippen LogP contribution in [0.15, 0.2) is 60.9 Å². The summed E-state index contributed by atoms with van der Waals surface area (Å²) in [5.74, 6) is 0.955. The van der Waals surface area contributed by atoms with Gasteiger partial charge in [-0.2, -0.15) is 0 Å². The molecule has 2 aromatic carbocycles. The Morgan fingerprint density at radius 2 is 0.982 bits per heavy atom. The Hall–Kier alpha value is -5.37. The molecule has 14 nitrogen and oxygen atoms in total. The van der Waals surface area contributed by atoms with Gasteiger partial charge in [-0.1, -0.05) is 76.2 Å². The number of ether oxygens (including phenoxy) is 2. The van der Waals surface area contributed by atoms with Crippen molar-refractivity contribution < 1.29 is 28.7 Å². The van der Waals surface area contributed by atoms with Crippen LogP contribution in [-0.2, 0) is 19.1 Å². The highest BCUT2D eigenvalue weighted by molar-refractivity contribution is 5.87. The molecule has 1 unspecified atom stereocenters. The molecule has 4 heterocycles. The minimum atomic E-state index is -0.687. The average Bonchev–Trinajstić information content (AvgIpc) is 4.02. The molecular formula is C40H51ClN8O6. The van der Waals surface area contributed by atoms with Gasteiger partial charge in [0.2, 0.25) is 11.8 Å². The van der Waals surface area contributed by atoms with Gasteiger partial charge in [0.1, 0.15) is 23.7 Å². The molecule has 2 aromatic heterocycles. The Morgan fingerprint density at radius 1 is 0.636 bits per heavy atom. The second kappa shape index (κ2) is 17.8. The zero-order valence-electron chi connectivity index (χ0n) is 32.1. The monoisotopic (exact) mass is 774 g/mol. The van der Waals surface area contributed by atoms with Gasteiger partial charge in [0.25, 0.3) is 0 Å². The number of methoxy groups -OCH3 is 2. The minimum absolute atomic E-state index is 0. The molecule has 4 amide bonds. The number of nitrogens with zero attached hydrogens (tertiary/aromatic N) is 4. The lowest BCUT2D eigenvalue weighted by Gasteiger charge is -2.30. The highest BCUT2D eigenvalue weighted by Gasteiger charge is 2.39. The molecule has 0 radical (unpaired) electrons. The molecule has 4 N–H and O–H groups in total. The summed E-state index contributed by atoms with van der Waals surface area (Å²) in [6.07, 6.45) is 5.61. The quantitative estimate of drug-likeness (QED) is 0.131. The topological polar surface area (TPSA) is 175 Å². The molecule has 4 atom stereocenters. The van der Waals surface area contributed by atoms with Crippen molar-refractivity contribution in [1.29, 1.82) is 0 Å². The number of hydrogen-bond acceptors (Lipinski definition) is 8. The summed E-state index contributed by atoms with van der Waals surface area (Å²) in [5, 5.41) is 5.38. The first-order chi connectivity index (χ1) is 26.0. The maximum atomic E-state index is 13.5. The van der Waals surface area contributed by atoms with Gasteiger partial charge in [-0.3, -0.25) is 9.59 Å². The number of nitrogens with one attached hydrogen (secondary N) is 4. The van der Waals surface area contributed by atoms with Crippen LogP contribution in [0.3, 0.4) is 0 Å². The average molecular weight is 775 g/mol. The number of benzene rings is 2. The number of halogens is 1. The van der Waals surface area contributed by atoms with Crippen LogP contribution in [0.5, 0.6) is 0 Å². The second-order valence-electron chi connectivity index (χ2n) is 14.6. The van der Waals surface area contributed by atoms with E-state index in [1.807, 2.05) is 52.0 Å². The van der Waals surface area contributed by atoms with Gasteiger partial charge in [0.05, 0.1) is 50.1 Å². The third-order valence-electron chi connectivity index (χ3n) is 10.4. The molecule has 2 fully saturated rings. The van der Waals surface area contributed by atoms with Crippen LogP contribution in [0.4, 0.5) is 9.59 Å². The van der Waals surface area contributed by atoms with Crippen molar-refractivity contribution in [2.24, 2.45) is 11.8 Å². The van der Waals surface area contributed by atoms with Crippen LogP contribution in [-0.4, -0.2) is 93.1 Å². The van der Waals surface area contributed by atoms with Crippen LogP contribution in [0.1, 0.15) is 77.1 Å². The number of alkyl carbamates (subject to hydrolysis) is 2. The fourth-order valence-electron chi connectivity index (χ4n) is 7.38. The number of aromatic amines is 2. The van der Waals surface area contributed by atoms with Crippen LogP contribution in [0, 0.1) is 11.8 Å². The smallest absolute Gasteiger partial charge is 0.407 e. The lowest BCUT2D eigenvalue weighted by atomic mass is 10.0. The first kappa shape index (κ1) is 40.8. The summed E-state index contributed by atoms with van der Waals surface area (Å²) in [4.78, 5) is 70.7. The Morgan fingerprint density at radius 3 is 1.31 bits per heavy atom. The van der Waals surface area contributed by atoms with Crippen molar-refractivity contribution in [3.8, 4) is 33.6 Å². The number of H-pyrrole nitrogens is 2. The Balaban J connectivity index is 0.00000580. The molecule has 294 valence electrons. The maximum absolute atomic E-state index is 13.5. The van der Waals surface area contributed by atoms with Crippen LogP contribution in [0.25, 0.3) is 33.6 Å². The predicted molar refractivity (Wildman–Crippen MR) is 210 cm³/mol. The minimum Gasteiger partial charge on any atom is -0.453 e. The van der Waals surface area contributed by atoms with Crippen LogP contribution < -0.4 is 10.6 Å². The van der Waals surface area contributed by atoms with Gasteiger partial charge in [-0.05, 0) is 59.8 Å². The normalized spacial score (nSPS) is 17.8. The largest absolute Gasteiger partial charge is 0.453 e. The maximum Gasteiger partial charge on any atom is 0.407 e. The van der Waals surface area contributed by atoms with Crippen molar-refractivity contribution in [3.05, 3.63) is 72.6 Å². The van der Waals surface area contributed by atoms with E-state index in [1.165, 1.54) is 14.2 Å². The molecule has 4 aromatic rings. The lowest BCUT2D eigenvalue weighted by molar-refractivity contribution is -0.136. The van der Waals surface area contributed by atoms with E-state index in [0.29, 0.717) is 13.1 Å². The van der Waals surface area contributed by atoms with E-state index < -0.39 is 24.3 Å². The van der Waals surface area contributed by atoms with Crippen molar-refractivity contribution >= 4 is 36.4 Å². The van der Waals surface area contributed by atoms with E-state index in [2.05, 4.69) is 54.8 Å². The van der Waals surface area contributed by atoms with E-state index in [4.69, 9.17) is 9.47 Å². The number of aromatic nitrogens is 4. The zero-order chi connectivity index (χ0) is 38.5. The molecule has 2 aliphatic heterocycles. The van der Waals surface area contributed by atoms with E-state index >= 15 is 0 Å². The molecule has 0 spiro atoms. The number of carbonyl (C=O) groups is 4. The standard InChI is InChI=1S/C40H50N8O6.ClH/c1-23(2)33(45-39(51)53-5)37(49)47-19-7-9-31(47)35-41-21-29(43-35)27-15-11-25(12-16-27)26-13-17-28(18-14-26)30-22-42-36(44-30)32-10-8-20-48(32)38(50)34(24(3)4)46-40(52)54-6;/h11-18,21-24,31-34H,7-10,19-20H2,1-6H3,(H,41,43)(H,42,44)(H,45,51)(H,46,52);1H/t31-,32-,33-,34?;/m1./s1. The number of rotatable bonds is 11. The van der Waals surface area contributed by atoms with Crippen molar-refractivity contribution in [2.45, 2.75) is 77.5 Å². The molecule has 0 bridgehead atoms. The predicted octanol–water partition coefficient (Wildman–Crippen LogP) is 6.64. The Bertz CT molecular complexity index is 1800. The number of likely N-dealkylation sites (tertiary alicyclic amines) is 2. The van der Waals surface area contributed by atoms with E-state index in [9.17, 15) is 19.2 Å². The molecule has 6 rings (SSSR count). The van der Waals surface area contributed by atoms with Crippen LogP contribution in [0.2, 0.25) is 0 Å². The highest BCUT2D eigenvalue weighted by atomic mass is 35.5. The molecular weight excluding hydrogens is 724 g/mol. The first-order valence-electron chi connectivity index (χ1n) is 18.6. The number of carbonyl (C=O) groups excluding carboxylic acids is 4. The molecule has 0 saturated carbocycles. The molecule has 2 saturated heterocycles. The van der Waals surface area contributed by atoms with E-state index in [1.54, 1.807) is 22.2 Å². The first-order valence-corrected chi connectivity index (χ1v) is 18.6. The summed E-state index contributed by atoms with van der Waals surface area (Å²) >= 11 is 0. The summed E-state index contributed by atoms with van der Waals surface area (Å²) < 4.78 is 9.50. The Kier molecular flexibility index (Phi) is 13.2. The van der Waals surface area contributed by atoms with Crippen molar-refractivity contribution in [1.82, 2.24) is 40.4 Å². The molecule has 2 aliphatic rings. The van der Waals surface area contributed by atoms with Crippen LogP contribution >= 0.6 is 12.4 Å². The van der Waals surface area contributed by atoms with Crippen molar-refractivity contribution in [3.63, 3.8) is 0 Å². The third kappa shape index (κ3) is 8.96. The number of amides is 4. The molecule has 0 aliphatic carbocycles. The van der Waals surface area contributed by atoms with Gasteiger partial charge in [-0.15, -0.1) is 12.4 Å². The van der Waals surface area contributed by atoms with E-state index in [0.717, 1.165) is 71.0 Å². The van der Waals surface area contributed by atoms with Gasteiger partial charge < -0.3 is 39.9 Å². The lowest BCUT2D eigenvalue weighted by Crippen LogP contribution is -2.51. The molecule has 55 heavy (non-hydrogen) atoms. The highest BCUT2D eigenvalue weighted by Crippen LogP contribution is 2.35. The summed E-state index contributed by atoms with van der Waals surface area (Å²) in [5.41, 5.74) is 5.78. The number of hydrogen-bond donors (Lipinski definition) is 4. The van der Waals surface area contributed by atoms with Gasteiger partial charge in [0.15, 0.2) is 0 Å². The summed E-state index contributed by atoms with van der Waals surface area (Å²) in [6, 6.07) is 14.7. The Labute approximate surface area is 327 Å². The summed E-state index contributed by atoms with van der Waals surface area (Å²) in [7, 11) is 2.58. The fraction of sp³-hybridized carbons (Fsp3) is 0.450. The second-order valence-corrected chi connectivity index (χ2v) is 14.6. The zero-order valence-corrected chi connectivity index (χ0v) is 32.9. The number of imidazole rings is 2. The van der Waals surface area contributed by atoms with Gasteiger partial charge >= 0.3 is 12.2 Å². The fourth-order valence-corrected chi connectivity index (χ4v) is 7.38. The van der Waals surface area contributed by atoms with E-state index in [-0.39, 0.29) is 48.1 Å².